The molecule has 1 aliphatic rings. The fraction of sp³-hybridized carbons (Fsp3) is 0.381. The van der Waals surface area contributed by atoms with Gasteiger partial charge in [-0.25, -0.2) is 8.42 Å². The highest BCUT2D eigenvalue weighted by Crippen LogP contribution is 2.20. The lowest BCUT2D eigenvalue weighted by Gasteiger charge is -2.20. The van der Waals surface area contributed by atoms with E-state index in [0.29, 0.717) is 36.6 Å². The molecule has 0 saturated carbocycles. The lowest BCUT2D eigenvalue weighted by Crippen LogP contribution is -2.32. The number of carbonyl (C=O) groups is 1. The predicted octanol–water partition coefficient (Wildman–Crippen LogP) is 3.88. The number of hydrogen-bond donors (Lipinski definition) is 1. The molecule has 0 bridgehead atoms. The molecule has 0 radical (unpaired) electrons. The second kappa shape index (κ2) is 9.54. The number of hydrogen-bond acceptors (Lipinski definition) is 3. The van der Waals surface area contributed by atoms with Crippen molar-refractivity contribution in [1.29, 1.82) is 0 Å². The van der Waals surface area contributed by atoms with Gasteiger partial charge in [-0.3, -0.25) is 4.79 Å². The Kier molecular flexibility index (Phi) is 7.10. The van der Waals surface area contributed by atoms with Crippen LogP contribution in [0.2, 0.25) is 5.02 Å². The number of nitrogens with one attached hydrogen (secondary N) is 1. The zero-order chi connectivity index (χ0) is 20.0. The van der Waals surface area contributed by atoms with Gasteiger partial charge < -0.3 is 5.32 Å². The number of amides is 1. The van der Waals surface area contributed by atoms with Crippen LogP contribution in [0.4, 0.5) is 0 Å². The Labute approximate surface area is 171 Å². The van der Waals surface area contributed by atoms with Gasteiger partial charge >= 0.3 is 0 Å². The molecule has 0 spiro atoms. The molecular weight excluding hydrogens is 396 g/mol. The van der Waals surface area contributed by atoms with Gasteiger partial charge in [0.2, 0.25) is 10.0 Å². The van der Waals surface area contributed by atoms with Gasteiger partial charge in [0, 0.05) is 30.2 Å². The van der Waals surface area contributed by atoms with Crippen molar-refractivity contribution < 1.29 is 13.2 Å². The van der Waals surface area contributed by atoms with Crippen LogP contribution in [0.15, 0.2) is 53.4 Å². The quantitative estimate of drug-likeness (QED) is 0.771. The number of nitrogens with zero attached hydrogens (tertiary/aromatic N) is 1. The lowest BCUT2D eigenvalue weighted by molar-refractivity contribution is 0.0954. The molecular formula is C21H25ClN2O3S. The summed E-state index contributed by atoms with van der Waals surface area (Å²) in [4.78, 5) is 12.6. The van der Waals surface area contributed by atoms with E-state index in [0.717, 1.165) is 31.2 Å². The Hall–Kier alpha value is -1.89. The van der Waals surface area contributed by atoms with Gasteiger partial charge in [0.25, 0.3) is 5.91 Å². The van der Waals surface area contributed by atoms with Gasteiger partial charge in [0.1, 0.15) is 0 Å². The molecule has 150 valence electrons. The molecule has 3 rings (SSSR count). The Balaban J connectivity index is 1.59. The van der Waals surface area contributed by atoms with Crippen LogP contribution < -0.4 is 5.32 Å². The summed E-state index contributed by atoms with van der Waals surface area (Å²) in [6.45, 7) is 1.61. The average Bonchev–Trinajstić information content (AvgIpc) is 2.98. The highest BCUT2D eigenvalue weighted by atomic mass is 35.5. The van der Waals surface area contributed by atoms with Crippen molar-refractivity contribution in [3.63, 3.8) is 0 Å². The minimum Gasteiger partial charge on any atom is -0.352 e. The van der Waals surface area contributed by atoms with Crippen molar-refractivity contribution in [2.24, 2.45) is 0 Å². The van der Waals surface area contributed by atoms with Gasteiger partial charge in [0.15, 0.2) is 0 Å². The van der Waals surface area contributed by atoms with Crippen LogP contribution in [0, 0.1) is 0 Å². The molecule has 2 aromatic carbocycles. The van der Waals surface area contributed by atoms with E-state index in [-0.39, 0.29) is 10.8 Å². The van der Waals surface area contributed by atoms with Gasteiger partial charge in [0.05, 0.1) is 4.90 Å². The first-order chi connectivity index (χ1) is 13.5. The summed E-state index contributed by atoms with van der Waals surface area (Å²) in [5, 5.41) is 3.53. The zero-order valence-corrected chi connectivity index (χ0v) is 17.3. The van der Waals surface area contributed by atoms with E-state index < -0.39 is 10.0 Å². The molecule has 5 nitrogen and oxygen atoms in total. The molecule has 1 saturated heterocycles. The van der Waals surface area contributed by atoms with Gasteiger partial charge in [-0.15, -0.1) is 0 Å². The fourth-order valence-corrected chi connectivity index (χ4v) is 5.05. The monoisotopic (exact) mass is 420 g/mol. The SMILES string of the molecule is O=C(NCCc1cccc(Cl)c1)c1ccc(S(=O)(=O)N2CCCCCC2)cc1. The van der Waals surface area contributed by atoms with Crippen LogP contribution in [0.1, 0.15) is 41.6 Å². The van der Waals surface area contributed by atoms with Crippen LogP contribution in [0.3, 0.4) is 0 Å². The van der Waals surface area contributed by atoms with Gasteiger partial charge in [-0.05, 0) is 61.2 Å². The van der Waals surface area contributed by atoms with Crippen molar-refractivity contribution in [2.45, 2.75) is 37.0 Å². The summed E-state index contributed by atoms with van der Waals surface area (Å²) >= 11 is 5.96. The Morgan fingerprint density at radius 1 is 1.00 bits per heavy atom. The first-order valence-corrected chi connectivity index (χ1v) is 11.4. The Morgan fingerprint density at radius 2 is 1.68 bits per heavy atom. The molecule has 1 heterocycles. The first-order valence-electron chi connectivity index (χ1n) is 9.60. The van der Waals surface area contributed by atoms with Crippen LogP contribution >= 0.6 is 11.6 Å². The smallest absolute Gasteiger partial charge is 0.251 e. The molecule has 0 aliphatic carbocycles. The van der Waals surface area contributed by atoms with Gasteiger partial charge in [-0.2, -0.15) is 4.31 Å². The molecule has 7 heteroatoms. The van der Waals surface area contributed by atoms with Crippen LogP contribution in [0.25, 0.3) is 0 Å². The molecule has 1 amide bonds. The number of rotatable bonds is 6. The summed E-state index contributed by atoms with van der Waals surface area (Å²) in [5.41, 5.74) is 1.49. The third-order valence-corrected chi connectivity index (χ3v) is 7.06. The molecule has 0 unspecified atom stereocenters. The highest BCUT2D eigenvalue weighted by Gasteiger charge is 2.25. The standard InChI is InChI=1S/C21H25ClN2O3S/c22-19-7-5-6-17(16-19)12-13-23-21(25)18-8-10-20(11-9-18)28(26,27)24-14-3-1-2-4-15-24/h5-11,16H,1-4,12-15H2,(H,23,25). The Bertz CT molecular complexity index is 906. The molecule has 1 aliphatic heterocycles. The van der Waals surface area contributed by atoms with E-state index in [9.17, 15) is 13.2 Å². The van der Waals surface area contributed by atoms with Crippen molar-refractivity contribution in [3.05, 3.63) is 64.7 Å². The normalized spacial score (nSPS) is 15.8. The van der Waals surface area contributed by atoms with Crippen molar-refractivity contribution >= 4 is 27.5 Å². The van der Waals surface area contributed by atoms with Crippen LogP contribution in [-0.2, 0) is 16.4 Å². The summed E-state index contributed by atoms with van der Waals surface area (Å²) in [5.74, 6) is -0.222. The van der Waals surface area contributed by atoms with E-state index in [1.807, 2.05) is 24.3 Å². The van der Waals surface area contributed by atoms with E-state index in [4.69, 9.17) is 11.6 Å². The molecule has 0 atom stereocenters. The largest absolute Gasteiger partial charge is 0.352 e. The molecule has 2 aromatic rings. The second-order valence-corrected chi connectivity index (χ2v) is 9.35. The van der Waals surface area contributed by atoms with Crippen LogP contribution in [0.5, 0.6) is 0 Å². The van der Waals surface area contributed by atoms with Crippen LogP contribution in [-0.4, -0.2) is 38.3 Å². The lowest BCUT2D eigenvalue weighted by atomic mass is 10.1. The van der Waals surface area contributed by atoms with E-state index in [1.165, 1.54) is 12.1 Å². The minimum atomic E-state index is -3.50. The minimum absolute atomic E-state index is 0.222. The van der Waals surface area contributed by atoms with E-state index in [2.05, 4.69) is 5.32 Å². The third kappa shape index (κ3) is 5.34. The second-order valence-electron chi connectivity index (χ2n) is 6.98. The summed E-state index contributed by atoms with van der Waals surface area (Å²) < 4.78 is 27.1. The maximum Gasteiger partial charge on any atom is 0.251 e. The topological polar surface area (TPSA) is 66.5 Å². The molecule has 28 heavy (non-hydrogen) atoms. The number of benzene rings is 2. The van der Waals surface area contributed by atoms with Gasteiger partial charge in [-0.1, -0.05) is 36.6 Å². The Morgan fingerprint density at radius 3 is 2.32 bits per heavy atom. The number of halogens is 1. The average molecular weight is 421 g/mol. The molecule has 1 fully saturated rings. The molecule has 1 N–H and O–H groups in total. The van der Waals surface area contributed by atoms with Crippen molar-refractivity contribution in [2.75, 3.05) is 19.6 Å². The molecule has 0 aromatic heterocycles. The van der Waals surface area contributed by atoms with E-state index >= 15 is 0 Å². The van der Waals surface area contributed by atoms with Crippen molar-refractivity contribution in [3.8, 4) is 0 Å². The third-order valence-electron chi connectivity index (χ3n) is 4.91. The highest BCUT2D eigenvalue weighted by molar-refractivity contribution is 7.89. The number of carbonyl (C=O) groups excluding carboxylic acids is 1. The first kappa shape index (κ1) is 20.8. The summed E-state index contributed by atoms with van der Waals surface area (Å²) in [6.07, 6.45) is 4.60. The number of sulfonamides is 1. The summed E-state index contributed by atoms with van der Waals surface area (Å²) in [6, 6.07) is 13.7. The maximum absolute atomic E-state index is 12.8. The van der Waals surface area contributed by atoms with Crippen molar-refractivity contribution in [1.82, 2.24) is 9.62 Å². The maximum atomic E-state index is 12.8. The zero-order valence-electron chi connectivity index (χ0n) is 15.7. The van der Waals surface area contributed by atoms with E-state index in [1.54, 1.807) is 16.4 Å². The fourth-order valence-electron chi connectivity index (χ4n) is 3.32. The predicted molar refractivity (Wildman–Crippen MR) is 111 cm³/mol. The summed E-state index contributed by atoms with van der Waals surface area (Å²) in [7, 11) is -3.50.